The van der Waals surface area contributed by atoms with Gasteiger partial charge < -0.3 is 24.2 Å². The number of hydrogen-bond donors (Lipinski definition) is 1. The van der Waals surface area contributed by atoms with Gasteiger partial charge in [0.05, 0.1) is 36.3 Å². The number of nitrogens with zero attached hydrogens (tertiary/aromatic N) is 3. The monoisotopic (exact) mass is 608 g/mol. The van der Waals surface area contributed by atoms with Crippen molar-refractivity contribution in [2.75, 3.05) is 77.7 Å². The lowest BCUT2D eigenvalue weighted by molar-refractivity contribution is -0.654. The van der Waals surface area contributed by atoms with Crippen LogP contribution in [0, 0.1) is 5.41 Å². The van der Waals surface area contributed by atoms with Crippen LogP contribution in [0.2, 0.25) is 0 Å². The van der Waals surface area contributed by atoms with E-state index in [4.69, 9.17) is 9.47 Å². The van der Waals surface area contributed by atoms with E-state index in [1.165, 1.54) is 0 Å². The van der Waals surface area contributed by atoms with Gasteiger partial charge in [0.15, 0.2) is 0 Å². The number of carbonyl (C=O) groups excluding carboxylic acids is 2. The van der Waals surface area contributed by atoms with Crippen LogP contribution >= 0.6 is 0 Å². The first-order valence-electron chi connectivity index (χ1n) is 14.9. The van der Waals surface area contributed by atoms with Crippen LogP contribution in [-0.2, 0) is 29.2 Å². The number of likely N-dealkylation sites (N-methyl/N-ethyl adjacent to an activating group) is 1. The second-order valence-corrected chi connectivity index (χ2v) is 15.5. The summed E-state index contributed by atoms with van der Waals surface area (Å²) in [5.74, 6) is -0.825. The standard InChI is InChI=1S/C29H60N4O7S/c1-11-31(22-25(34)39-28(5,6)7)17-19-33(24-27(2,3)4)20-18-32(23-26(35)40-29(8,9)10)16-15-30-14-12-13-21-41(36,37)38/h30H,11-24H2,1-10H3,(H,36,37,38). The highest BCUT2D eigenvalue weighted by Crippen LogP contribution is 2.15. The Morgan fingerprint density at radius 2 is 1.17 bits per heavy atom. The van der Waals surface area contributed by atoms with E-state index in [0.717, 1.165) is 45.8 Å². The summed E-state index contributed by atoms with van der Waals surface area (Å²) in [7, 11) is -4.17. The molecule has 0 unspecified atom stereocenters. The minimum Gasteiger partial charge on any atom is -0.748 e. The van der Waals surface area contributed by atoms with Gasteiger partial charge in [0.1, 0.15) is 11.2 Å². The van der Waals surface area contributed by atoms with E-state index in [2.05, 4.69) is 40.8 Å². The van der Waals surface area contributed by atoms with Gasteiger partial charge in [0.2, 0.25) is 0 Å². The van der Waals surface area contributed by atoms with Crippen molar-refractivity contribution < 1.29 is 37.4 Å². The van der Waals surface area contributed by atoms with E-state index in [-0.39, 0.29) is 36.2 Å². The normalized spacial score (nSPS) is 13.3. The Kier molecular flexibility index (Phi) is 17.8. The molecular formula is C29H60N4O7S. The highest BCUT2D eigenvalue weighted by molar-refractivity contribution is 7.85. The molecule has 41 heavy (non-hydrogen) atoms. The molecule has 0 spiro atoms. The maximum atomic E-state index is 12.6. The van der Waals surface area contributed by atoms with Crippen LogP contribution in [0.1, 0.15) is 82.1 Å². The largest absolute Gasteiger partial charge is 0.748 e. The molecule has 0 atom stereocenters. The van der Waals surface area contributed by atoms with Gasteiger partial charge in [-0.15, -0.1) is 0 Å². The fraction of sp³-hybridized carbons (Fsp3) is 0.931. The maximum absolute atomic E-state index is 12.6. The molecule has 0 aliphatic heterocycles. The highest BCUT2D eigenvalue weighted by atomic mass is 32.2. The Bertz CT molecular complexity index is 862. The SMILES string of the molecule is CCN(CCN(CCN(CC[NH2+]CCCCS(=O)(=O)[O-])CC(=O)OC(C)(C)C)CC(C)(C)C)CC(=O)OC(C)(C)C. The highest BCUT2D eigenvalue weighted by Gasteiger charge is 2.23. The van der Waals surface area contributed by atoms with Crippen LogP contribution in [0.25, 0.3) is 0 Å². The lowest BCUT2D eigenvalue weighted by Crippen LogP contribution is -2.85. The van der Waals surface area contributed by atoms with E-state index >= 15 is 0 Å². The number of unbranched alkanes of at least 4 members (excludes halogenated alkanes) is 1. The van der Waals surface area contributed by atoms with Gasteiger partial charge in [0, 0.05) is 45.0 Å². The van der Waals surface area contributed by atoms with Gasteiger partial charge in [-0.05, 0) is 66.3 Å². The first kappa shape index (κ1) is 39.7. The molecule has 0 radical (unpaired) electrons. The third-order valence-corrected chi connectivity index (χ3v) is 6.65. The van der Waals surface area contributed by atoms with Crippen molar-refractivity contribution in [1.29, 1.82) is 0 Å². The second kappa shape index (κ2) is 18.4. The Labute approximate surface area is 250 Å². The van der Waals surface area contributed by atoms with Crippen molar-refractivity contribution in [3.05, 3.63) is 0 Å². The molecule has 0 heterocycles. The Balaban J connectivity index is 5.17. The lowest BCUT2D eigenvalue weighted by atomic mass is 9.96. The van der Waals surface area contributed by atoms with Crippen LogP contribution in [0.15, 0.2) is 0 Å². The summed E-state index contributed by atoms with van der Waals surface area (Å²) < 4.78 is 43.4. The minimum absolute atomic E-state index is 0.0730. The average molecular weight is 609 g/mol. The van der Waals surface area contributed by atoms with Crippen molar-refractivity contribution in [1.82, 2.24) is 14.7 Å². The Morgan fingerprint density at radius 1 is 0.707 bits per heavy atom. The molecule has 2 N–H and O–H groups in total. The predicted octanol–water partition coefficient (Wildman–Crippen LogP) is 1.53. The van der Waals surface area contributed by atoms with Crippen LogP contribution in [-0.4, -0.2) is 129 Å². The molecule has 0 aromatic heterocycles. The van der Waals surface area contributed by atoms with Crippen LogP contribution in [0.5, 0.6) is 0 Å². The molecule has 244 valence electrons. The zero-order chi connectivity index (χ0) is 31.9. The summed E-state index contributed by atoms with van der Waals surface area (Å²) in [6.45, 7) is 26.9. The Hall–Kier alpha value is -1.31. The molecule has 11 nitrogen and oxygen atoms in total. The van der Waals surface area contributed by atoms with E-state index in [0.29, 0.717) is 25.9 Å². The number of ether oxygens (including phenoxy) is 2. The maximum Gasteiger partial charge on any atom is 0.320 e. The van der Waals surface area contributed by atoms with Crippen LogP contribution in [0.3, 0.4) is 0 Å². The third kappa shape index (κ3) is 26.1. The molecule has 0 fully saturated rings. The number of rotatable bonds is 20. The molecule has 0 saturated carbocycles. The smallest absolute Gasteiger partial charge is 0.320 e. The molecule has 0 aliphatic rings. The molecule has 0 aromatic carbocycles. The molecule has 0 saturated heterocycles. The number of nitrogens with two attached hydrogens (primary N) is 1. The molecule has 0 aliphatic carbocycles. The van der Waals surface area contributed by atoms with E-state index in [1.807, 2.05) is 48.5 Å². The summed E-state index contributed by atoms with van der Waals surface area (Å²) in [6.07, 6.45) is 0.999. The van der Waals surface area contributed by atoms with Crippen LogP contribution < -0.4 is 5.32 Å². The van der Waals surface area contributed by atoms with Crippen molar-refractivity contribution in [3.63, 3.8) is 0 Å². The summed E-state index contributed by atoms with van der Waals surface area (Å²) in [6, 6.07) is 0. The zero-order valence-corrected chi connectivity index (χ0v) is 28.4. The number of hydrogen-bond acceptors (Lipinski definition) is 10. The second-order valence-electron chi connectivity index (χ2n) is 14.0. The average Bonchev–Trinajstić information content (AvgIpc) is 2.74. The summed E-state index contributed by atoms with van der Waals surface area (Å²) in [4.78, 5) is 31.6. The third-order valence-electron chi connectivity index (χ3n) is 5.86. The summed E-state index contributed by atoms with van der Waals surface area (Å²) in [5, 5.41) is 2.09. The van der Waals surface area contributed by atoms with E-state index < -0.39 is 21.3 Å². The van der Waals surface area contributed by atoms with E-state index in [1.54, 1.807) is 0 Å². The number of quaternary nitrogens is 1. The van der Waals surface area contributed by atoms with Gasteiger partial charge >= 0.3 is 11.9 Å². The van der Waals surface area contributed by atoms with Crippen LogP contribution in [0.4, 0.5) is 0 Å². The predicted molar refractivity (Wildman–Crippen MR) is 162 cm³/mol. The van der Waals surface area contributed by atoms with Gasteiger partial charge in [-0.25, -0.2) is 8.42 Å². The van der Waals surface area contributed by atoms with Gasteiger partial charge in [-0.1, -0.05) is 27.7 Å². The fourth-order valence-electron chi connectivity index (χ4n) is 4.22. The number of carbonyl (C=O) groups is 2. The van der Waals surface area contributed by atoms with Gasteiger partial charge in [-0.3, -0.25) is 19.4 Å². The van der Waals surface area contributed by atoms with Gasteiger partial charge in [0.25, 0.3) is 0 Å². The Morgan fingerprint density at radius 3 is 1.61 bits per heavy atom. The van der Waals surface area contributed by atoms with E-state index in [9.17, 15) is 22.6 Å². The topological polar surface area (TPSA) is 136 Å². The van der Waals surface area contributed by atoms with Crippen molar-refractivity contribution >= 4 is 22.1 Å². The summed E-state index contributed by atoms with van der Waals surface area (Å²) >= 11 is 0. The molecule has 0 rings (SSSR count). The lowest BCUT2D eigenvalue weighted by Gasteiger charge is -2.33. The fourth-order valence-corrected chi connectivity index (χ4v) is 4.78. The number of esters is 2. The van der Waals surface area contributed by atoms with Gasteiger partial charge in [-0.2, -0.15) is 0 Å². The molecule has 12 heteroatoms. The van der Waals surface area contributed by atoms with Crippen molar-refractivity contribution in [2.24, 2.45) is 5.41 Å². The van der Waals surface area contributed by atoms with Crippen molar-refractivity contribution in [3.8, 4) is 0 Å². The molecule has 0 aromatic rings. The molecular weight excluding hydrogens is 548 g/mol. The summed E-state index contributed by atoms with van der Waals surface area (Å²) in [5.41, 5.74) is -1.00. The first-order chi connectivity index (χ1) is 18.6. The molecule has 0 bridgehead atoms. The van der Waals surface area contributed by atoms with Crippen molar-refractivity contribution in [2.45, 2.75) is 93.3 Å². The first-order valence-corrected chi connectivity index (χ1v) is 16.5. The quantitative estimate of drug-likeness (QED) is 0.123. The minimum atomic E-state index is -4.17. The molecule has 0 amide bonds. The zero-order valence-electron chi connectivity index (χ0n) is 27.6.